The molecule has 0 amide bonds. The van der Waals surface area contributed by atoms with Crippen LogP contribution in [0.2, 0.25) is 0 Å². The molecule has 0 fully saturated rings. The van der Waals surface area contributed by atoms with Crippen LogP contribution in [0.25, 0.3) is 0 Å². The van der Waals surface area contributed by atoms with Gasteiger partial charge in [0.15, 0.2) is 78.8 Å². The van der Waals surface area contributed by atoms with Crippen molar-refractivity contribution >= 4 is 85.7 Å². The molecule has 144 heavy (non-hydrogen) atoms. The zero-order valence-electron chi connectivity index (χ0n) is 85.9. The highest BCUT2D eigenvalue weighted by atomic mass is 32.2. The minimum Gasteiger partial charge on any atom is -0.497 e. The Morgan fingerprint density at radius 3 is 0.799 bits per heavy atom. The van der Waals surface area contributed by atoms with Crippen LogP contribution in [0.5, 0.6) is 51.7 Å². The van der Waals surface area contributed by atoms with E-state index >= 15 is 0 Å². The fourth-order valence-corrected chi connectivity index (χ4v) is 21.3. The van der Waals surface area contributed by atoms with Gasteiger partial charge < -0.3 is 80.9 Å². The molecule has 0 saturated carbocycles. The molecule has 0 aliphatic carbocycles. The third kappa shape index (κ3) is 39.4. The van der Waals surface area contributed by atoms with Crippen molar-refractivity contribution in [2.24, 2.45) is 11.8 Å². The molecule has 762 valence electrons. The SMILES string of the molecule is CC(C)C(=O)OCOCc1ccc([S+](c2ccc(OCC(=O)OC(C)(C)C)cc2)c2ccc(OCC(=O)OC(C)(C)C)cc2)cc1.CC(C)COC(=O)Oc1ccc([S+](c2ccc(OC(=O)OC(C)(C)C)cc2)c2ccc(OC(=O)OC(C)(C)C)cc2)cc1.CCOc1ccc([S+](c2ccc(CC(=O)CC)cc2)c2ccc(OCC)cc2)cc1.COc1ccc([S+](c2ccc(CO)cc2)c2ccc(OC)cc2)cc1. The molecule has 24 nitrogen and oxygen atoms in total. The molecule has 0 aliphatic rings. The van der Waals surface area contributed by atoms with Crippen LogP contribution in [-0.2, 0) is 116 Å². The van der Waals surface area contributed by atoms with E-state index in [4.69, 9.17) is 75.8 Å². The van der Waals surface area contributed by atoms with E-state index in [9.17, 15) is 38.7 Å². The van der Waals surface area contributed by atoms with Crippen LogP contribution in [0.3, 0.4) is 0 Å². The summed E-state index contributed by atoms with van der Waals surface area (Å²) in [7, 11) is 1.70. The van der Waals surface area contributed by atoms with Crippen LogP contribution in [0.15, 0.2) is 350 Å². The van der Waals surface area contributed by atoms with Gasteiger partial charge in [-0.3, -0.25) is 9.59 Å². The number of rotatable bonds is 38. The van der Waals surface area contributed by atoms with Crippen molar-refractivity contribution < 1.29 is 114 Å². The maximum absolute atomic E-state index is 12.1. The molecule has 12 aromatic rings. The summed E-state index contributed by atoms with van der Waals surface area (Å²) in [5.41, 5.74) is 0.386. The second-order valence-corrected chi connectivity index (χ2v) is 45.0. The number of aliphatic hydroxyl groups is 1. The molecule has 0 bridgehead atoms. The zero-order valence-corrected chi connectivity index (χ0v) is 89.2. The number of hydrogen-bond donors (Lipinski definition) is 1. The van der Waals surface area contributed by atoms with Gasteiger partial charge in [-0.15, -0.1) is 0 Å². The Labute approximate surface area is 858 Å². The van der Waals surface area contributed by atoms with Crippen LogP contribution >= 0.6 is 0 Å². The van der Waals surface area contributed by atoms with Crippen molar-refractivity contribution in [3.63, 3.8) is 0 Å². The van der Waals surface area contributed by atoms with Crippen LogP contribution in [0.1, 0.15) is 155 Å². The molecule has 0 heterocycles. The van der Waals surface area contributed by atoms with Crippen molar-refractivity contribution in [2.75, 3.05) is 54.0 Å². The van der Waals surface area contributed by atoms with Crippen molar-refractivity contribution in [1.29, 1.82) is 0 Å². The quantitative estimate of drug-likeness (QED) is 0.00939. The Bertz CT molecular complexity index is 5670. The van der Waals surface area contributed by atoms with Gasteiger partial charge in [0, 0.05) is 12.8 Å². The predicted octanol–water partition coefficient (Wildman–Crippen LogP) is 25.9. The fraction of sp³-hybridized carbons (Fsp3) is 0.319. The van der Waals surface area contributed by atoms with Gasteiger partial charge in [0.05, 0.1) is 96.8 Å². The summed E-state index contributed by atoms with van der Waals surface area (Å²) in [5.74, 6) is 4.65. The summed E-state index contributed by atoms with van der Waals surface area (Å²) in [6.07, 6.45) is -1.27. The molecule has 0 spiro atoms. The van der Waals surface area contributed by atoms with Crippen LogP contribution in [0.4, 0.5) is 14.4 Å². The summed E-state index contributed by atoms with van der Waals surface area (Å²) in [4.78, 5) is 97.1. The van der Waals surface area contributed by atoms with Gasteiger partial charge in [-0.25, -0.2) is 24.0 Å². The number of Topliss-reactive ketones (excluding diaryl/α,β-unsaturated/α-hetero) is 1. The summed E-state index contributed by atoms with van der Waals surface area (Å²) in [6, 6.07) is 94.2. The molecule has 0 radical (unpaired) electrons. The summed E-state index contributed by atoms with van der Waals surface area (Å²) >= 11 is 0. The van der Waals surface area contributed by atoms with Gasteiger partial charge in [-0.1, -0.05) is 71.0 Å². The Morgan fingerprint density at radius 2 is 0.549 bits per heavy atom. The van der Waals surface area contributed by atoms with Gasteiger partial charge in [0.1, 0.15) is 79.9 Å². The Morgan fingerprint density at radius 1 is 0.299 bits per heavy atom. The molecular formula is C116H134O24S4+4. The number of ether oxygens (including phenoxy) is 16. The van der Waals surface area contributed by atoms with E-state index in [1.54, 1.807) is 106 Å². The lowest BCUT2D eigenvalue weighted by atomic mass is 10.1. The molecular weight excluding hydrogens is 1910 g/mol. The maximum Gasteiger partial charge on any atom is 0.514 e. The minimum atomic E-state index is -0.790. The highest BCUT2D eigenvalue weighted by Gasteiger charge is 2.35. The van der Waals surface area contributed by atoms with E-state index in [1.165, 1.54) is 29.4 Å². The first-order chi connectivity index (χ1) is 68.6. The topological polar surface area (TPSA) is 287 Å². The third-order valence-corrected chi connectivity index (χ3v) is 28.5. The largest absolute Gasteiger partial charge is 0.514 e. The first kappa shape index (κ1) is 114. The number of ketones is 1. The van der Waals surface area contributed by atoms with E-state index in [2.05, 4.69) is 84.9 Å². The van der Waals surface area contributed by atoms with Crippen LogP contribution < -0.4 is 42.6 Å². The third-order valence-electron chi connectivity index (χ3n) is 19.6. The van der Waals surface area contributed by atoms with Crippen molar-refractivity contribution in [3.05, 3.63) is 308 Å². The molecule has 0 aliphatic heterocycles. The lowest BCUT2D eigenvalue weighted by molar-refractivity contribution is -0.161. The average molecular weight is 2040 g/mol. The standard InChI is InChI=1S/C36H45O9S.C33H39O9S.C26H29O3S.C21H21O3S/c1-25(2)34(39)43-24-40-21-26-9-15-29(16-10-26)46(30-17-11-27(12-18-30)41-22-32(37)44-35(3,4)5)31-19-13-28(14-20-31)42-23-33(38)45-36(6,7)8;1-22(2)21-37-29(34)38-23-9-15-26(16-10-23)43(27-17-11-24(12-18-27)39-30(35)41-32(3,4)5)28-19-13-25(14-20-28)40-31(36)42-33(6,7)8;1-4-21(27)19-20-7-13-24(14-8-20)30(25-15-9-22(10-16-25)28-5-2)26-17-11-23(12-18-26)29-6-3;1-23-17-5-11-20(12-6-17)25(19-9-3-16(15-22)4-10-19)21-13-7-18(24-2)8-14-21/h9-20,25H,21-24H2,1-8H3;9-20,22H,21H2,1-8H3;7-18H,4-6,19H2,1-3H3;3-14,22H,15H2,1-2H3/q4*+1. The first-order valence-corrected chi connectivity index (χ1v) is 52.2. The highest BCUT2D eigenvalue weighted by molar-refractivity contribution is 7.98. The monoisotopic (exact) mass is 2040 g/mol. The summed E-state index contributed by atoms with van der Waals surface area (Å²) in [6.45, 7) is 36.2. The van der Waals surface area contributed by atoms with Crippen molar-refractivity contribution in [1.82, 2.24) is 0 Å². The molecule has 0 atom stereocenters. The second kappa shape index (κ2) is 56.1. The summed E-state index contributed by atoms with van der Waals surface area (Å²) < 4.78 is 86.0. The van der Waals surface area contributed by atoms with Crippen LogP contribution in [0, 0.1) is 11.8 Å². The van der Waals surface area contributed by atoms with Crippen molar-refractivity contribution in [3.8, 4) is 51.7 Å². The molecule has 0 saturated heterocycles. The molecule has 12 rings (SSSR count). The minimum absolute atomic E-state index is 0.0547. The van der Waals surface area contributed by atoms with Gasteiger partial charge >= 0.3 is 36.4 Å². The number of hydrogen-bond acceptors (Lipinski definition) is 24. The van der Waals surface area contributed by atoms with Crippen molar-refractivity contribution in [2.45, 2.75) is 239 Å². The van der Waals surface area contributed by atoms with E-state index in [0.29, 0.717) is 61.4 Å². The molecule has 1 N–H and O–H groups in total. The van der Waals surface area contributed by atoms with E-state index in [0.717, 1.165) is 69.1 Å². The number of carbonyl (C=O) groups excluding carboxylic acids is 7. The lowest BCUT2D eigenvalue weighted by Gasteiger charge is -2.19. The Balaban J connectivity index is 0.000000219. The normalized spacial score (nSPS) is 11.3. The lowest BCUT2D eigenvalue weighted by Crippen LogP contribution is -2.27. The number of carbonyl (C=O) groups is 7. The zero-order chi connectivity index (χ0) is 105. The predicted molar refractivity (Wildman–Crippen MR) is 560 cm³/mol. The van der Waals surface area contributed by atoms with Gasteiger partial charge in [0.25, 0.3) is 0 Å². The van der Waals surface area contributed by atoms with Gasteiger partial charge in [-0.2, -0.15) is 0 Å². The number of aliphatic hydroxyl groups excluding tert-OH is 1. The molecule has 0 aromatic heterocycles. The number of benzene rings is 12. The molecule has 0 unspecified atom stereocenters. The average Bonchev–Trinajstić information content (AvgIpc) is 0.823. The second-order valence-electron chi connectivity index (χ2n) is 36.9. The highest BCUT2D eigenvalue weighted by Crippen LogP contribution is 2.40. The van der Waals surface area contributed by atoms with E-state index < -0.39 is 74.6 Å². The fourth-order valence-electron chi connectivity index (χ4n) is 13.1. The Kier molecular flexibility index (Phi) is 44.5. The number of esters is 3. The first-order valence-electron chi connectivity index (χ1n) is 47.3. The van der Waals surface area contributed by atoms with Crippen LogP contribution in [-0.4, -0.2) is 124 Å². The van der Waals surface area contributed by atoms with Gasteiger partial charge in [-0.05, 0) is 374 Å². The summed E-state index contributed by atoms with van der Waals surface area (Å²) in [5, 5.41) is 9.29. The van der Waals surface area contributed by atoms with E-state index in [-0.39, 0.29) is 78.6 Å². The maximum atomic E-state index is 12.1. The van der Waals surface area contributed by atoms with Gasteiger partial charge in [0.2, 0.25) is 0 Å². The molecule has 12 aromatic carbocycles. The smallest absolute Gasteiger partial charge is 0.497 e. The number of methoxy groups -OCH3 is 2. The molecule has 28 heteroatoms. The Hall–Kier alpha value is -13.4. The van der Waals surface area contributed by atoms with E-state index in [1.807, 2.05) is 246 Å².